The Balaban J connectivity index is 1.40. The molecular weight excluding hydrogens is 437 g/mol. The molecule has 0 N–H and O–H groups in total. The molecule has 5 heterocycles. The lowest BCUT2D eigenvalue weighted by Gasteiger charge is -2.49. The number of nitrogens with zero attached hydrogens (tertiary/aromatic N) is 4. The third-order valence-electron chi connectivity index (χ3n) is 6.33. The van der Waals surface area contributed by atoms with Crippen molar-refractivity contribution in [2.24, 2.45) is 5.92 Å². The topological polar surface area (TPSA) is 81.4 Å². The zero-order valence-corrected chi connectivity index (χ0v) is 17.7. The van der Waals surface area contributed by atoms with E-state index in [1.807, 2.05) is 6.92 Å². The summed E-state index contributed by atoms with van der Waals surface area (Å²) >= 11 is 0. The van der Waals surface area contributed by atoms with E-state index >= 15 is 0 Å². The van der Waals surface area contributed by atoms with Crippen LogP contribution in [0.15, 0.2) is 47.5 Å². The minimum absolute atomic E-state index is 0.113. The number of hydrogen-bond acceptors (Lipinski definition) is 6. The van der Waals surface area contributed by atoms with Crippen molar-refractivity contribution < 1.29 is 27.1 Å². The largest absolute Gasteiger partial charge is 0.472 e. The van der Waals surface area contributed by atoms with E-state index in [4.69, 9.17) is 9.15 Å². The van der Waals surface area contributed by atoms with Crippen LogP contribution in [0.1, 0.15) is 40.9 Å². The average Bonchev–Trinajstić information content (AvgIpc) is 3.33. The van der Waals surface area contributed by atoms with E-state index in [-0.39, 0.29) is 35.5 Å². The molecule has 1 aliphatic carbocycles. The van der Waals surface area contributed by atoms with E-state index in [9.17, 15) is 18.0 Å². The Kier molecular flexibility index (Phi) is 5.30. The molecule has 3 aromatic heterocycles. The van der Waals surface area contributed by atoms with Gasteiger partial charge in [-0.3, -0.25) is 9.78 Å². The van der Waals surface area contributed by atoms with Crippen LogP contribution in [-0.2, 0) is 6.18 Å². The van der Waals surface area contributed by atoms with Gasteiger partial charge in [0.15, 0.2) is 0 Å². The first-order chi connectivity index (χ1) is 15.8. The van der Waals surface area contributed by atoms with Crippen molar-refractivity contribution in [1.29, 1.82) is 0 Å². The minimum Gasteiger partial charge on any atom is -0.472 e. The zero-order valence-electron chi connectivity index (χ0n) is 17.7. The summed E-state index contributed by atoms with van der Waals surface area (Å²) in [7, 11) is 0. The third-order valence-corrected chi connectivity index (χ3v) is 6.33. The van der Waals surface area contributed by atoms with Gasteiger partial charge in [-0.2, -0.15) is 13.2 Å². The van der Waals surface area contributed by atoms with Crippen LogP contribution in [0.3, 0.4) is 0 Å². The van der Waals surface area contributed by atoms with Crippen molar-refractivity contribution in [2.45, 2.75) is 44.5 Å². The third kappa shape index (κ3) is 4.05. The molecule has 172 valence electrons. The van der Waals surface area contributed by atoms with Crippen LogP contribution in [0, 0.1) is 12.8 Å². The van der Waals surface area contributed by atoms with Crippen molar-refractivity contribution in [3.8, 4) is 17.3 Å². The first kappa shape index (κ1) is 21.4. The van der Waals surface area contributed by atoms with E-state index in [0.29, 0.717) is 24.4 Å². The number of ether oxygens (including phenoxy) is 1. The fourth-order valence-corrected chi connectivity index (χ4v) is 4.74. The van der Waals surface area contributed by atoms with Gasteiger partial charge in [-0.25, -0.2) is 9.97 Å². The summed E-state index contributed by atoms with van der Waals surface area (Å²) in [5.74, 6) is 0.429. The molecule has 3 aliphatic rings. The second kappa shape index (κ2) is 8.17. The summed E-state index contributed by atoms with van der Waals surface area (Å²) in [4.78, 5) is 27.7. The van der Waals surface area contributed by atoms with Crippen LogP contribution >= 0.6 is 0 Å². The van der Waals surface area contributed by atoms with Gasteiger partial charge in [0, 0.05) is 25.0 Å². The predicted molar refractivity (Wildman–Crippen MR) is 110 cm³/mol. The molecule has 2 saturated heterocycles. The SMILES string of the molecule is Cc1ccnc(C(=O)N2CC3CCC2C(Oc2ccc(C(F)(F)F)cn2)C3)c1-c1ncco1. The van der Waals surface area contributed by atoms with Crippen molar-refractivity contribution >= 4 is 5.91 Å². The Hall–Kier alpha value is -3.43. The summed E-state index contributed by atoms with van der Waals surface area (Å²) in [6.07, 6.45) is 2.89. The zero-order chi connectivity index (χ0) is 23.2. The maximum absolute atomic E-state index is 13.6. The number of piperidine rings is 2. The summed E-state index contributed by atoms with van der Waals surface area (Å²) < 4.78 is 49.9. The Morgan fingerprint density at radius 2 is 2.00 bits per heavy atom. The van der Waals surface area contributed by atoms with Crippen LogP contribution in [0.4, 0.5) is 13.2 Å². The molecule has 6 rings (SSSR count). The van der Waals surface area contributed by atoms with Gasteiger partial charge in [0.25, 0.3) is 5.91 Å². The van der Waals surface area contributed by atoms with Crippen molar-refractivity contribution in [1.82, 2.24) is 19.9 Å². The molecule has 10 heteroatoms. The van der Waals surface area contributed by atoms with Gasteiger partial charge in [-0.15, -0.1) is 0 Å². The van der Waals surface area contributed by atoms with Crippen molar-refractivity contribution in [2.75, 3.05) is 6.54 Å². The molecule has 2 aliphatic heterocycles. The molecule has 2 bridgehead atoms. The molecule has 0 spiro atoms. The molecule has 3 fully saturated rings. The number of fused-ring (bicyclic) bond motifs is 3. The van der Waals surface area contributed by atoms with E-state index in [1.165, 1.54) is 18.5 Å². The molecule has 3 unspecified atom stereocenters. The molecule has 3 aromatic rings. The van der Waals surface area contributed by atoms with Gasteiger partial charge in [0.2, 0.25) is 11.8 Å². The number of alkyl halides is 3. The van der Waals surface area contributed by atoms with Gasteiger partial charge in [-0.05, 0) is 49.8 Å². The number of aryl methyl sites for hydroxylation is 1. The van der Waals surface area contributed by atoms with Gasteiger partial charge < -0.3 is 14.1 Å². The first-order valence-electron chi connectivity index (χ1n) is 10.7. The highest BCUT2D eigenvalue weighted by atomic mass is 19.4. The summed E-state index contributed by atoms with van der Waals surface area (Å²) in [6.45, 7) is 2.44. The lowest BCUT2D eigenvalue weighted by Crippen LogP contribution is -2.59. The monoisotopic (exact) mass is 458 g/mol. The number of amides is 1. The Morgan fingerprint density at radius 3 is 2.67 bits per heavy atom. The van der Waals surface area contributed by atoms with Crippen LogP contribution in [0.2, 0.25) is 0 Å². The number of hydrogen-bond donors (Lipinski definition) is 0. The molecule has 0 radical (unpaired) electrons. The molecular formula is C23H21F3N4O3. The van der Waals surface area contributed by atoms with Crippen LogP contribution in [0.25, 0.3) is 11.5 Å². The van der Waals surface area contributed by atoms with Crippen molar-refractivity contribution in [3.63, 3.8) is 0 Å². The van der Waals surface area contributed by atoms with Gasteiger partial charge in [0.05, 0.1) is 23.4 Å². The standard InChI is InChI=1S/C23H21F3N4O3/c1-13-6-7-27-20(19(13)21-28-8-9-32-21)22(31)30-12-14-2-4-16(30)17(10-14)33-18-5-3-15(11-29-18)23(24,25)26/h3,5-9,11,14,16-17H,2,4,10,12H2,1H3. The molecule has 7 nitrogen and oxygen atoms in total. The number of halogens is 3. The highest BCUT2D eigenvalue weighted by molar-refractivity contribution is 5.99. The predicted octanol–water partition coefficient (Wildman–Crippen LogP) is 4.53. The van der Waals surface area contributed by atoms with E-state index in [2.05, 4.69) is 15.0 Å². The summed E-state index contributed by atoms with van der Waals surface area (Å²) in [5, 5.41) is 0. The second-order valence-corrected chi connectivity index (χ2v) is 8.43. The average molecular weight is 458 g/mol. The molecule has 0 aromatic carbocycles. The molecule has 1 saturated carbocycles. The number of rotatable bonds is 4. The van der Waals surface area contributed by atoms with Crippen LogP contribution < -0.4 is 4.74 Å². The number of pyridine rings is 2. The van der Waals surface area contributed by atoms with Gasteiger partial charge in [-0.1, -0.05) is 0 Å². The van der Waals surface area contributed by atoms with E-state index in [1.54, 1.807) is 17.2 Å². The number of carbonyl (C=O) groups excluding carboxylic acids is 1. The fraction of sp³-hybridized carbons (Fsp3) is 0.391. The Labute approximate surface area is 187 Å². The number of carbonyl (C=O) groups is 1. The summed E-state index contributed by atoms with van der Waals surface area (Å²) in [6, 6.07) is 3.73. The lowest BCUT2D eigenvalue weighted by atomic mass is 9.77. The van der Waals surface area contributed by atoms with E-state index in [0.717, 1.165) is 30.7 Å². The minimum atomic E-state index is -4.46. The summed E-state index contributed by atoms with van der Waals surface area (Å²) in [5.41, 5.74) is 0.799. The Bertz CT molecular complexity index is 1150. The highest BCUT2D eigenvalue weighted by Gasteiger charge is 2.45. The molecule has 3 atom stereocenters. The van der Waals surface area contributed by atoms with Gasteiger partial charge >= 0.3 is 6.18 Å². The van der Waals surface area contributed by atoms with Crippen LogP contribution in [-0.4, -0.2) is 44.4 Å². The molecule has 1 amide bonds. The quantitative estimate of drug-likeness (QED) is 0.572. The highest BCUT2D eigenvalue weighted by Crippen LogP contribution is 2.39. The smallest absolute Gasteiger partial charge is 0.417 e. The number of oxazole rings is 1. The fourth-order valence-electron chi connectivity index (χ4n) is 4.74. The Morgan fingerprint density at radius 1 is 1.15 bits per heavy atom. The normalized spacial score (nSPS) is 22.4. The first-order valence-corrected chi connectivity index (χ1v) is 10.7. The maximum atomic E-state index is 13.6. The number of aromatic nitrogens is 3. The maximum Gasteiger partial charge on any atom is 0.417 e. The van der Waals surface area contributed by atoms with Crippen molar-refractivity contribution in [3.05, 3.63) is 59.9 Å². The van der Waals surface area contributed by atoms with Gasteiger partial charge in [0.1, 0.15) is 18.1 Å². The van der Waals surface area contributed by atoms with E-state index < -0.39 is 11.7 Å². The van der Waals surface area contributed by atoms with Crippen LogP contribution in [0.5, 0.6) is 5.88 Å². The second-order valence-electron chi connectivity index (χ2n) is 8.43. The lowest BCUT2D eigenvalue weighted by molar-refractivity contribution is -0.137. The molecule has 33 heavy (non-hydrogen) atoms.